The Bertz CT molecular complexity index is 893. The normalized spacial score (nSPS) is 13.3. The van der Waals surface area contributed by atoms with Crippen molar-refractivity contribution >= 4 is 32.3 Å². The van der Waals surface area contributed by atoms with Crippen molar-refractivity contribution in [2.75, 3.05) is 18.6 Å². The number of amides is 2. The van der Waals surface area contributed by atoms with Crippen molar-refractivity contribution < 1.29 is 26.4 Å². The van der Waals surface area contributed by atoms with Gasteiger partial charge in [-0.2, -0.15) is 13.2 Å². The first-order valence-corrected chi connectivity index (χ1v) is 10.0. The molecule has 2 rings (SSSR count). The molecule has 142 valence electrons. The fourth-order valence-corrected chi connectivity index (χ4v) is 3.37. The Labute approximate surface area is 152 Å². The standard InChI is InChI=1S/C15H16F3N3O3S2/c1-9(10-4-6-11(7-5-10)26(3,23)24)21(2)14(22)20-13-19-12(8-25-13)15(16,17)18/h4-9H,1-3H3,(H,19,20,22). The van der Waals surface area contributed by atoms with E-state index in [1.54, 1.807) is 19.1 Å². The van der Waals surface area contributed by atoms with Crippen molar-refractivity contribution in [3.63, 3.8) is 0 Å². The lowest BCUT2D eigenvalue weighted by molar-refractivity contribution is -0.140. The maximum Gasteiger partial charge on any atom is 0.434 e. The minimum atomic E-state index is -4.57. The molecule has 11 heteroatoms. The average Bonchev–Trinajstić information content (AvgIpc) is 3.01. The second-order valence-electron chi connectivity index (χ2n) is 5.59. The smallest absolute Gasteiger partial charge is 0.321 e. The maximum absolute atomic E-state index is 12.5. The molecular weight excluding hydrogens is 391 g/mol. The molecule has 0 radical (unpaired) electrons. The number of nitrogens with zero attached hydrogens (tertiary/aromatic N) is 2. The number of thiazole rings is 1. The molecule has 2 amide bonds. The van der Waals surface area contributed by atoms with Gasteiger partial charge in [-0.3, -0.25) is 5.32 Å². The summed E-state index contributed by atoms with van der Waals surface area (Å²) in [4.78, 5) is 17.0. The Morgan fingerprint density at radius 3 is 2.31 bits per heavy atom. The lowest BCUT2D eigenvalue weighted by atomic mass is 10.1. The van der Waals surface area contributed by atoms with Crippen LogP contribution in [-0.4, -0.2) is 37.6 Å². The average molecular weight is 407 g/mol. The Kier molecular flexibility index (Phi) is 5.61. The molecule has 0 aliphatic carbocycles. The van der Waals surface area contributed by atoms with Gasteiger partial charge < -0.3 is 4.90 Å². The second-order valence-corrected chi connectivity index (χ2v) is 8.47. The third-order valence-corrected chi connectivity index (χ3v) is 5.59. The van der Waals surface area contributed by atoms with E-state index in [1.807, 2.05) is 0 Å². The zero-order chi connectivity index (χ0) is 19.7. The van der Waals surface area contributed by atoms with Gasteiger partial charge in [0, 0.05) is 18.7 Å². The summed E-state index contributed by atoms with van der Waals surface area (Å²) in [5.74, 6) is 0. The van der Waals surface area contributed by atoms with Crippen molar-refractivity contribution in [2.45, 2.75) is 24.0 Å². The van der Waals surface area contributed by atoms with Gasteiger partial charge in [0.15, 0.2) is 20.7 Å². The molecule has 0 spiro atoms. The fourth-order valence-electron chi connectivity index (χ4n) is 2.03. The number of nitrogens with one attached hydrogen (secondary N) is 1. The number of rotatable bonds is 4. The van der Waals surface area contributed by atoms with Crippen LogP contribution in [-0.2, 0) is 16.0 Å². The van der Waals surface area contributed by atoms with Crippen molar-refractivity contribution in [2.24, 2.45) is 0 Å². The van der Waals surface area contributed by atoms with E-state index in [0.29, 0.717) is 16.9 Å². The van der Waals surface area contributed by atoms with Crippen LogP contribution < -0.4 is 5.32 Å². The number of alkyl halides is 3. The van der Waals surface area contributed by atoms with Crippen LogP contribution >= 0.6 is 11.3 Å². The van der Waals surface area contributed by atoms with Crippen LogP contribution in [0.5, 0.6) is 0 Å². The predicted molar refractivity (Wildman–Crippen MR) is 91.9 cm³/mol. The SMILES string of the molecule is CC(c1ccc(S(C)(=O)=O)cc1)N(C)C(=O)Nc1nc(C(F)(F)F)cs1. The Hall–Kier alpha value is -2.14. The number of hydrogen-bond donors (Lipinski definition) is 1. The fraction of sp³-hybridized carbons (Fsp3) is 0.333. The van der Waals surface area contributed by atoms with Gasteiger partial charge in [-0.1, -0.05) is 12.1 Å². The van der Waals surface area contributed by atoms with Gasteiger partial charge >= 0.3 is 12.2 Å². The van der Waals surface area contributed by atoms with Crippen molar-refractivity contribution in [1.82, 2.24) is 9.88 Å². The van der Waals surface area contributed by atoms with Crippen LogP contribution in [0.3, 0.4) is 0 Å². The van der Waals surface area contributed by atoms with E-state index in [1.165, 1.54) is 24.1 Å². The largest absolute Gasteiger partial charge is 0.434 e. The molecule has 0 saturated heterocycles. The number of anilines is 1. The van der Waals surface area contributed by atoms with E-state index in [2.05, 4.69) is 10.3 Å². The summed E-state index contributed by atoms with van der Waals surface area (Å²) in [6.45, 7) is 1.71. The number of benzene rings is 1. The molecule has 0 bridgehead atoms. The van der Waals surface area contributed by atoms with Gasteiger partial charge in [0.1, 0.15) is 0 Å². The van der Waals surface area contributed by atoms with Crippen molar-refractivity contribution in [3.05, 3.63) is 40.9 Å². The zero-order valence-electron chi connectivity index (χ0n) is 14.0. The Morgan fingerprint density at radius 1 is 1.27 bits per heavy atom. The van der Waals surface area contributed by atoms with Crippen LogP contribution in [0.2, 0.25) is 0 Å². The van der Waals surface area contributed by atoms with Crippen LogP contribution in [0.4, 0.5) is 23.1 Å². The summed E-state index contributed by atoms with van der Waals surface area (Å²) in [5.41, 5.74) is -0.393. The van der Waals surface area contributed by atoms with Crippen molar-refractivity contribution in [3.8, 4) is 0 Å². The summed E-state index contributed by atoms with van der Waals surface area (Å²) in [6, 6.07) is 4.96. The van der Waals surface area contributed by atoms with Gasteiger partial charge in [0.25, 0.3) is 0 Å². The van der Waals surface area contributed by atoms with E-state index < -0.39 is 33.8 Å². The number of sulfone groups is 1. The first-order valence-electron chi connectivity index (χ1n) is 7.26. The summed E-state index contributed by atoms with van der Waals surface area (Å²) < 4.78 is 60.6. The molecule has 0 saturated carbocycles. The van der Waals surface area contributed by atoms with Crippen LogP contribution in [0.25, 0.3) is 0 Å². The first-order chi connectivity index (χ1) is 11.9. The van der Waals surface area contributed by atoms with Gasteiger partial charge in [-0.25, -0.2) is 18.2 Å². The molecule has 1 unspecified atom stereocenters. The van der Waals surface area contributed by atoms with Crippen LogP contribution in [0, 0.1) is 0 Å². The quantitative estimate of drug-likeness (QED) is 0.836. The molecule has 2 aromatic rings. The topological polar surface area (TPSA) is 79.4 Å². The molecule has 1 heterocycles. The molecule has 6 nitrogen and oxygen atoms in total. The third kappa shape index (κ3) is 4.73. The molecule has 0 aliphatic heterocycles. The van der Waals surface area contributed by atoms with E-state index in [9.17, 15) is 26.4 Å². The highest BCUT2D eigenvalue weighted by Gasteiger charge is 2.34. The van der Waals surface area contributed by atoms with E-state index in [-0.39, 0.29) is 10.0 Å². The van der Waals surface area contributed by atoms with Crippen LogP contribution in [0.1, 0.15) is 24.2 Å². The van der Waals surface area contributed by atoms with E-state index in [4.69, 9.17) is 0 Å². The highest BCUT2D eigenvalue weighted by Crippen LogP contribution is 2.32. The lowest BCUT2D eigenvalue weighted by Crippen LogP contribution is -2.33. The third-order valence-electron chi connectivity index (χ3n) is 3.70. The molecule has 0 aliphatic rings. The van der Waals surface area contributed by atoms with Gasteiger partial charge in [0.05, 0.1) is 10.9 Å². The number of aromatic nitrogens is 1. The molecule has 0 fully saturated rings. The van der Waals surface area contributed by atoms with E-state index >= 15 is 0 Å². The summed E-state index contributed by atoms with van der Waals surface area (Å²) in [5, 5.41) is 2.98. The predicted octanol–water partition coefficient (Wildman–Crippen LogP) is 3.79. The van der Waals surface area contributed by atoms with Gasteiger partial charge in [-0.05, 0) is 24.6 Å². The van der Waals surface area contributed by atoms with Gasteiger partial charge in [-0.15, -0.1) is 11.3 Å². The molecule has 1 aromatic heterocycles. The minimum Gasteiger partial charge on any atom is -0.321 e. The van der Waals surface area contributed by atoms with Gasteiger partial charge in [0.2, 0.25) is 0 Å². The highest BCUT2D eigenvalue weighted by atomic mass is 32.2. The minimum absolute atomic E-state index is 0.156. The van der Waals surface area contributed by atoms with Crippen LogP contribution in [0.15, 0.2) is 34.5 Å². The number of carbonyl (C=O) groups is 1. The Morgan fingerprint density at radius 2 is 1.85 bits per heavy atom. The summed E-state index contributed by atoms with van der Waals surface area (Å²) in [6.07, 6.45) is -3.48. The van der Waals surface area contributed by atoms with E-state index in [0.717, 1.165) is 11.6 Å². The molecule has 1 atom stereocenters. The monoisotopic (exact) mass is 407 g/mol. The summed E-state index contributed by atoms with van der Waals surface area (Å²) >= 11 is 0.678. The van der Waals surface area contributed by atoms with Crippen molar-refractivity contribution in [1.29, 1.82) is 0 Å². The molecular formula is C15H16F3N3O3S2. The first kappa shape index (κ1) is 20.2. The zero-order valence-corrected chi connectivity index (χ0v) is 15.7. The number of carbonyl (C=O) groups excluding carboxylic acids is 1. The molecule has 1 aromatic carbocycles. The maximum atomic E-state index is 12.5. The highest BCUT2D eigenvalue weighted by molar-refractivity contribution is 7.90. The number of hydrogen-bond acceptors (Lipinski definition) is 5. The number of halogens is 3. The molecule has 1 N–H and O–H groups in total. The molecule has 26 heavy (non-hydrogen) atoms. The Balaban J connectivity index is 2.08. The number of urea groups is 1. The second kappa shape index (κ2) is 7.23. The summed E-state index contributed by atoms with van der Waals surface area (Å²) in [7, 11) is -1.85. The lowest BCUT2D eigenvalue weighted by Gasteiger charge is -2.25.